The molecule has 0 N–H and O–H groups in total. The fourth-order valence-corrected chi connectivity index (χ4v) is 20.2. The van der Waals surface area contributed by atoms with Gasteiger partial charge in [-0.1, -0.05) is 0 Å². The van der Waals surface area contributed by atoms with Crippen LogP contribution in [-0.4, -0.2) is 3.21 Å². The van der Waals surface area contributed by atoms with E-state index in [4.69, 9.17) is 0 Å². The molecule has 1 atom stereocenters. The van der Waals surface area contributed by atoms with E-state index in [1.54, 1.807) is 12.1 Å². The Morgan fingerprint density at radius 3 is 1.43 bits per heavy atom. The SMILES string of the molecule is CC1=CC(C)(C)c2cc3c(cc21)-c1cc2c(cc1[CH]3[Zr+2]([C]1=CC(C(C)(C)C)=CC1C(C)C)=[C](c1cccc(C(F)(F)F)c1)c1cccc(C(F)(F)F)c1)C(C)(C)C=C2C.[Cl-].[Cl-]. The van der Waals surface area contributed by atoms with Gasteiger partial charge in [0, 0.05) is 0 Å². The van der Waals surface area contributed by atoms with Gasteiger partial charge in [0.15, 0.2) is 0 Å². The number of fused-ring (bicyclic) bond motifs is 5. The molecule has 4 aliphatic rings. The van der Waals surface area contributed by atoms with Gasteiger partial charge in [0.1, 0.15) is 0 Å². The Kier molecular flexibility index (Phi) is 12.2. The zero-order valence-corrected chi connectivity index (χ0v) is 40.5. The molecule has 1 unspecified atom stereocenters. The molecule has 0 amide bonds. The molecule has 4 aliphatic carbocycles. The monoisotopic (exact) mass is 950 g/mol. The second-order valence-electron chi connectivity index (χ2n) is 19.7. The van der Waals surface area contributed by atoms with Crippen LogP contribution < -0.4 is 24.8 Å². The van der Waals surface area contributed by atoms with Gasteiger partial charge >= 0.3 is 355 Å². The predicted molar refractivity (Wildman–Crippen MR) is 227 cm³/mol. The second kappa shape index (κ2) is 15.8. The second-order valence-corrected chi connectivity index (χ2v) is 25.8. The van der Waals surface area contributed by atoms with Crippen LogP contribution in [0, 0.1) is 17.3 Å². The van der Waals surface area contributed by atoms with Crippen molar-refractivity contribution in [3.63, 3.8) is 0 Å². The fourth-order valence-electron chi connectivity index (χ4n) is 10.3. The van der Waals surface area contributed by atoms with Gasteiger partial charge in [-0.25, -0.2) is 0 Å². The number of rotatable bonds is 5. The Morgan fingerprint density at radius 2 is 1.05 bits per heavy atom. The van der Waals surface area contributed by atoms with Gasteiger partial charge in [0.25, 0.3) is 0 Å². The third-order valence-electron chi connectivity index (χ3n) is 13.1. The third kappa shape index (κ3) is 8.12. The number of alkyl halides is 6. The summed E-state index contributed by atoms with van der Waals surface area (Å²) in [5, 5.41) is 0. The van der Waals surface area contributed by atoms with Crippen molar-refractivity contribution in [2.24, 2.45) is 17.3 Å². The van der Waals surface area contributed by atoms with Crippen LogP contribution in [-0.2, 0) is 44.4 Å². The van der Waals surface area contributed by atoms with E-state index in [0.29, 0.717) is 14.3 Å². The minimum atomic E-state index is -4.65. The van der Waals surface area contributed by atoms with E-state index >= 15 is 0 Å². The molecule has 0 aromatic heterocycles. The summed E-state index contributed by atoms with van der Waals surface area (Å²) in [5.41, 5.74) is 11.1. The van der Waals surface area contributed by atoms with Gasteiger partial charge in [-0.2, -0.15) is 0 Å². The molecule has 0 aliphatic heterocycles. The van der Waals surface area contributed by atoms with Crippen LogP contribution in [0.1, 0.15) is 135 Å². The average molecular weight is 953 g/mol. The van der Waals surface area contributed by atoms with Gasteiger partial charge in [-0.05, 0) is 0 Å². The molecule has 61 heavy (non-hydrogen) atoms. The van der Waals surface area contributed by atoms with Gasteiger partial charge in [0.05, 0.1) is 0 Å². The molecular weight excluding hydrogens is 901 g/mol. The van der Waals surface area contributed by atoms with Gasteiger partial charge in [-0.15, -0.1) is 0 Å². The van der Waals surface area contributed by atoms with E-state index < -0.39 is 44.7 Å². The van der Waals surface area contributed by atoms with E-state index in [-0.39, 0.29) is 56.5 Å². The van der Waals surface area contributed by atoms with E-state index in [0.717, 1.165) is 40.0 Å². The molecular formula is C52H52Cl2F6Zr. The molecule has 320 valence electrons. The molecule has 0 nitrogen and oxygen atoms in total. The Labute approximate surface area is 377 Å². The van der Waals surface area contributed by atoms with Crippen molar-refractivity contribution in [1.82, 2.24) is 0 Å². The average Bonchev–Trinajstić information content (AvgIpc) is 3.83. The zero-order valence-electron chi connectivity index (χ0n) is 36.5. The van der Waals surface area contributed by atoms with Crippen LogP contribution in [0.5, 0.6) is 0 Å². The van der Waals surface area contributed by atoms with Crippen LogP contribution >= 0.6 is 0 Å². The number of benzene rings is 4. The summed E-state index contributed by atoms with van der Waals surface area (Å²) >= 11 is -3.93. The maximum atomic E-state index is 14.7. The van der Waals surface area contributed by atoms with Crippen LogP contribution in [0.2, 0.25) is 0 Å². The first-order valence-corrected chi connectivity index (χ1v) is 24.5. The molecule has 4 aromatic carbocycles. The Bertz CT molecular complexity index is 2480. The van der Waals surface area contributed by atoms with Crippen molar-refractivity contribution >= 4 is 14.4 Å². The van der Waals surface area contributed by atoms with Crippen LogP contribution in [0.25, 0.3) is 22.3 Å². The summed E-state index contributed by atoms with van der Waals surface area (Å²) in [6, 6.07) is 20.1. The summed E-state index contributed by atoms with van der Waals surface area (Å²) in [5.74, 6) is 0.0974. The van der Waals surface area contributed by atoms with Crippen LogP contribution in [0.3, 0.4) is 0 Å². The molecule has 9 heteroatoms. The van der Waals surface area contributed by atoms with Crippen LogP contribution in [0.4, 0.5) is 26.3 Å². The molecule has 4 aromatic rings. The Morgan fingerprint density at radius 1 is 0.623 bits per heavy atom. The maximum absolute atomic E-state index is 14.7. The van der Waals surface area contributed by atoms with E-state index in [2.05, 4.69) is 125 Å². The van der Waals surface area contributed by atoms with E-state index in [1.165, 1.54) is 60.9 Å². The zero-order chi connectivity index (χ0) is 42.9. The molecule has 0 bridgehead atoms. The summed E-state index contributed by atoms with van der Waals surface area (Å²) in [6.45, 7) is 24.0. The first kappa shape index (κ1) is 47.2. The number of hydrogen-bond acceptors (Lipinski definition) is 0. The molecule has 0 saturated carbocycles. The first-order valence-electron chi connectivity index (χ1n) is 20.6. The molecule has 0 saturated heterocycles. The first-order chi connectivity index (χ1) is 27.3. The standard InChI is InChI=1S/C25H25.C15H8F6.C12H19.2ClH.Zr/c1-14-12-24(3,4)22-8-16-7-17-9-23-19(15(2)13-25(23,5)6)11-21(17)20(16)10-18(14)22;16-14(17,18)12-5-1-3-10(8-12)7-11-4-2-6-13(9-11)15(19,20)21;1-9(2)10-6-7-11(8-10)12(3,4)5;;;/h7-13H,1-6H3;1-6,8-9H;7-10H,1-5H3;2*1H;/q;;;;;+2/p-2. The van der Waals surface area contributed by atoms with Crippen molar-refractivity contribution in [2.75, 3.05) is 0 Å². The van der Waals surface area contributed by atoms with Crippen molar-refractivity contribution < 1.29 is 72.4 Å². The van der Waals surface area contributed by atoms with Crippen molar-refractivity contribution in [1.29, 1.82) is 0 Å². The van der Waals surface area contributed by atoms with Gasteiger partial charge in [-0.3, -0.25) is 0 Å². The van der Waals surface area contributed by atoms with Crippen molar-refractivity contribution in [2.45, 2.75) is 103 Å². The molecule has 0 radical (unpaired) electrons. The summed E-state index contributed by atoms with van der Waals surface area (Å²) in [4.78, 5) is 0. The summed E-state index contributed by atoms with van der Waals surface area (Å²) in [7, 11) is 0. The predicted octanol–water partition coefficient (Wildman–Crippen LogP) is 9.22. The van der Waals surface area contributed by atoms with Crippen LogP contribution in [0.15, 0.2) is 106 Å². The summed E-state index contributed by atoms with van der Waals surface area (Å²) in [6.07, 6.45) is -0.0375. The Hall–Kier alpha value is -3.25. The minimum absolute atomic E-state index is 0. The topological polar surface area (TPSA) is 0 Å². The molecule has 0 fully saturated rings. The number of allylic oxidation sites excluding steroid dienone is 8. The van der Waals surface area contributed by atoms with Gasteiger partial charge < -0.3 is 24.8 Å². The summed E-state index contributed by atoms with van der Waals surface area (Å²) < 4.78 is 89.8. The van der Waals surface area contributed by atoms with Crippen molar-refractivity contribution in [3.05, 3.63) is 162 Å². The number of halogens is 8. The van der Waals surface area contributed by atoms with Gasteiger partial charge in [0.2, 0.25) is 0 Å². The maximum Gasteiger partial charge on any atom is -1.00 e. The quantitative estimate of drug-likeness (QED) is 0.175. The Balaban J connectivity index is 0.00000311. The van der Waals surface area contributed by atoms with E-state index in [1.807, 2.05) is 0 Å². The number of hydrogen-bond donors (Lipinski definition) is 0. The molecule has 0 spiro atoms. The fraction of sp³-hybridized carbons (Fsp3) is 0.365. The third-order valence-corrected chi connectivity index (χ3v) is 21.5. The van der Waals surface area contributed by atoms with Crippen molar-refractivity contribution in [3.8, 4) is 11.1 Å². The van der Waals surface area contributed by atoms with E-state index in [9.17, 15) is 26.3 Å². The smallest absolute Gasteiger partial charge is 1.00 e. The molecule has 8 rings (SSSR count). The molecule has 0 heterocycles. The largest absolute Gasteiger partial charge is 1.00 e. The normalized spacial score (nSPS) is 18.4. The minimum Gasteiger partial charge on any atom is -1.00 e.